The van der Waals surface area contributed by atoms with E-state index in [1.807, 2.05) is 0 Å². The normalized spacial score (nSPS) is 8.00. The number of para-hydroxylation sites is 1. The van der Waals surface area contributed by atoms with Gasteiger partial charge in [-0.25, -0.2) is 4.79 Å². The summed E-state index contributed by atoms with van der Waals surface area (Å²) in [6.07, 6.45) is 0. The first kappa shape index (κ1) is 10.9. The van der Waals surface area contributed by atoms with E-state index in [0.717, 1.165) is 0 Å². The molecule has 6 nitrogen and oxygen atoms in total. The lowest BCUT2D eigenvalue weighted by atomic mass is 10.2. The summed E-state index contributed by atoms with van der Waals surface area (Å²) in [5.41, 5.74) is -0.0671. The molecule has 0 heterocycles. The second-order valence-corrected chi connectivity index (χ2v) is 1.90. The predicted molar refractivity (Wildman–Crippen MR) is 42.6 cm³/mol. The van der Waals surface area contributed by atoms with Gasteiger partial charge in [-0.05, 0) is 12.1 Å². The van der Waals surface area contributed by atoms with E-state index in [1.54, 1.807) is 12.1 Å². The summed E-state index contributed by atoms with van der Waals surface area (Å²) in [5, 5.41) is 25.2. The SMILES string of the molecule is O=C(O)c1ccccc1O.O=NO. The zero-order chi connectivity index (χ0) is 10.3. The molecule has 0 aliphatic rings. The molecular weight excluding hydrogens is 178 g/mol. The standard InChI is InChI=1S/C7H6O3.HNO2/c8-6-4-2-1-3-5(6)7(9)10;2-1-3/h1-4,8H,(H,9,10);(H,2,3). The fourth-order valence-electron chi connectivity index (χ4n) is 0.654. The molecule has 0 fully saturated rings. The summed E-state index contributed by atoms with van der Waals surface area (Å²) in [5.74, 6) is -1.31. The molecule has 0 saturated heterocycles. The summed E-state index contributed by atoms with van der Waals surface area (Å²) >= 11 is 0. The number of hydrogen-bond donors (Lipinski definition) is 3. The number of hydrogen-bond acceptors (Lipinski definition) is 4. The van der Waals surface area contributed by atoms with Gasteiger partial charge in [0.2, 0.25) is 0 Å². The molecule has 6 heteroatoms. The van der Waals surface area contributed by atoms with Crippen LogP contribution in [-0.2, 0) is 0 Å². The monoisotopic (exact) mass is 185 g/mol. The molecule has 0 spiro atoms. The number of carbonyl (C=O) groups is 1. The average molecular weight is 185 g/mol. The van der Waals surface area contributed by atoms with Crippen LogP contribution in [0.25, 0.3) is 0 Å². The van der Waals surface area contributed by atoms with Gasteiger partial charge in [0.15, 0.2) is 5.34 Å². The van der Waals surface area contributed by atoms with Gasteiger partial charge in [-0.15, -0.1) is 4.91 Å². The number of benzene rings is 1. The van der Waals surface area contributed by atoms with Gasteiger partial charge in [0.1, 0.15) is 11.3 Å². The molecule has 0 radical (unpaired) electrons. The average Bonchev–Trinajstić information content (AvgIpc) is 2.06. The van der Waals surface area contributed by atoms with Crippen LogP contribution in [-0.4, -0.2) is 21.4 Å². The molecule has 0 aliphatic heterocycles. The van der Waals surface area contributed by atoms with Crippen molar-refractivity contribution in [3.8, 4) is 5.75 Å². The van der Waals surface area contributed by atoms with Crippen molar-refractivity contribution in [3.05, 3.63) is 34.7 Å². The summed E-state index contributed by atoms with van der Waals surface area (Å²) in [4.78, 5) is 18.4. The molecule has 0 unspecified atom stereocenters. The van der Waals surface area contributed by atoms with E-state index in [4.69, 9.17) is 20.3 Å². The summed E-state index contributed by atoms with van der Waals surface area (Å²) < 4.78 is 0. The third kappa shape index (κ3) is 3.71. The molecule has 0 aliphatic carbocycles. The van der Waals surface area contributed by atoms with Crippen LogP contribution >= 0.6 is 0 Å². The van der Waals surface area contributed by atoms with E-state index in [0.29, 0.717) is 0 Å². The molecule has 0 saturated carbocycles. The Labute approximate surface area is 73.0 Å². The molecule has 13 heavy (non-hydrogen) atoms. The smallest absolute Gasteiger partial charge is 0.339 e. The molecule has 1 rings (SSSR count). The van der Waals surface area contributed by atoms with E-state index in [2.05, 4.69) is 0 Å². The van der Waals surface area contributed by atoms with Gasteiger partial charge in [-0.1, -0.05) is 12.1 Å². The van der Waals surface area contributed by atoms with E-state index in [9.17, 15) is 4.79 Å². The number of carboxylic acids is 1. The highest BCUT2D eigenvalue weighted by atomic mass is 16.6. The number of carboxylic acid groups (broad SMARTS) is 1. The van der Waals surface area contributed by atoms with Gasteiger partial charge >= 0.3 is 5.97 Å². The third-order valence-electron chi connectivity index (χ3n) is 1.13. The highest BCUT2D eigenvalue weighted by Crippen LogP contribution is 2.14. The molecule has 0 atom stereocenters. The van der Waals surface area contributed by atoms with Crippen molar-refractivity contribution in [3.63, 3.8) is 0 Å². The molecule has 0 aromatic heterocycles. The quantitative estimate of drug-likeness (QED) is 0.450. The highest BCUT2D eigenvalue weighted by Gasteiger charge is 2.05. The maximum Gasteiger partial charge on any atom is 0.339 e. The first-order chi connectivity index (χ1) is 6.13. The van der Waals surface area contributed by atoms with Crippen LogP contribution in [0.5, 0.6) is 5.75 Å². The van der Waals surface area contributed by atoms with Crippen molar-refractivity contribution >= 4 is 5.97 Å². The van der Waals surface area contributed by atoms with Gasteiger partial charge < -0.3 is 15.4 Å². The minimum atomic E-state index is -1.11. The zero-order valence-corrected chi connectivity index (χ0v) is 6.41. The molecule has 1 aromatic rings. The van der Waals surface area contributed by atoms with Gasteiger partial charge in [-0.2, -0.15) is 0 Å². The Morgan fingerprint density at radius 1 is 1.31 bits per heavy atom. The summed E-state index contributed by atoms with van der Waals surface area (Å²) in [7, 11) is 0. The second-order valence-electron chi connectivity index (χ2n) is 1.90. The summed E-state index contributed by atoms with van der Waals surface area (Å²) in [6.45, 7) is 0. The Balaban J connectivity index is 0.000000424. The Bertz CT molecular complexity index is 299. The first-order valence-electron chi connectivity index (χ1n) is 3.11. The maximum absolute atomic E-state index is 10.3. The maximum atomic E-state index is 10.3. The molecular formula is C7H7NO5. The number of aromatic hydroxyl groups is 1. The molecule has 1 aromatic carbocycles. The van der Waals surface area contributed by atoms with E-state index in [1.165, 1.54) is 17.5 Å². The van der Waals surface area contributed by atoms with Crippen LogP contribution in [0.1, 0.15) is 10.4 Å². The lowest BCUT2D eigenvalue weighted by Gasteiger charge is -1.95. The van der Waals surface area contributed by atoms with Crippen molar-refractivity contribution in [2.75, 3.05) is 0 Å². The van der Waals surface area contributed by atoms with Crippen LogP contribution in [0.3, 0.4) is 0 Å². The van der Waals surface area contributed by atoms with Crippen LogP contribution in [0, 0.1) is 4.91 Å². The minimum Gasteiger partial charge on any atom is -0.507 e. The van der Waals surface area contributed by atoms with Crippen molar-refractivity contribution in [2.45, 2.75) is 0 Å². The molecule has 0 bridgehead atoms. The van der Waals surface area contributed by atoms with Crippen molar-refractivity contribution in [2.24, 2.45) is 5.34 Å². The Kier molecular flexibility index (Phi) is 4.63. The lowest BCUT2D eigenvalue weighted by Crippen LogP contribution is -1.95. The second kappa shape index (κ2) is 5.53. The Morgan fingerprint density at radius 2 is 1.77 bits per heavy atom. The van der Waals surface area contributed by atoms with Gasteiger partial charge in [0.05, 0.1) is 0 Å². The molecule has 3 N–H and O–H groups in total. The van der Waals surface area contributed by atoms with E-state index < -0.39 is 5.97 Å². The number of rotatable bonds is 1. The molecule has 0 amide bonds. The van der Waals surface area contributed by atoms with E-state index in [-0.39, 0.29) is 11.3 Å². The van der Waals surface area contributed by atoms with E-state index >= 15 is 0 Å². The highest BCUT2D eigenvalue weighted by molar-refractivity contribution is 5.90. The molecule has 70 valence electrons. The Hall–Kier alpha value is -2.11. The van der Waals surface area contributed by atoms with Crippen molar-refractivity contribution in [1.82, 2.24) is 0 Å². The van der Waals surface area contributed by atoms with Crippen LogP contribution in [0.15, 0.2) is 29.6 Å². The third-order valence-corrected chi connectivity index (χ3v) is 1.13. The van der Waals surface area contributed by atoms with Gasteiger partial charge in [0.25, 0.3) is 0 Å². The number of nitrogens with zero attached hydrogens (tertiary/aromatic N) is 1. The number of aromatic carboxylic acids is 1. The van der Waals surface area contributed by atoms with Crippen LogP contribution < -0.4 is 0 Å². The largest absolute Gasteiger partial charge is 0.507 e. The fourth-order valence-corrected chi connectivity index (χ4v) is 0.654. The first-order valence-corrected chi connectivity index (χ1v) is 3.11. The van der Waals surface area contributed by atoms with Gasteiger partial charge in [-0.3, -0.25) is 0 Å². The van der Waals surface area contributed by atoms with Crippen LogP contribution in [0.4, 0.5) is 0 Å². The topological polar surface area (TPSA) is 107 Å². The predicted octanol–water partition coefficient (Wildman–Crippen LogP) is 1.23. The minimum absolute atomic E-state index is 0.0671. The van der Waals surface area contributed by atoms with Crippen molar-refractivity contribution in [1.29, 1.82) is 0 Å². The number of phenols is 1. The Morgan fingerprint density at radius 3 is 2.08 bits per heavy atom. The van der Waals surface area contributed by atoms with Gasteiger partial charge in [0, 0.05) is 0 Å². The summed E-state index contributed by atoms with van der Waals surface area (Å²) in [6, 6.07) is 5.81. The lowest BCUT2D eigenvalue weighted by molar-refractivity contribution is 0.0694. The van der Waals surface area contributed by atoms with Crippen molar-refractivity contribution < 1.29 is 20.2 Å². The van der Waals surface area contributed by atoms with Crippen LogP contribution in [0.2, 0.25) is 0 Å². The zero-order valence-electron chi connectivity index (χ0n) is 6.41. The fraction of sp³-hybridized carbons (Fsp3) is 0.